The minimum atomic E-state index is -0.345. The number of rotatable bonds is 4. The van der Waals surface area contributed by atoms with Crippen molar-refractivity contribution in [3.05, 3.63) is 64.0 Å². The molecule has 1 aromatic carbocycles. The summed E-state index contributed by atoms with van der Waals surface area (Å²) in [4.78, 5) is 12.4. The normalized spacial score (nSPS) is 10.7. The van der Waals surface area contributed by atoms with Gasteiger partial charge in [-0.15, -0.1) is 0 Å². The van der Waals surface area contributed by atoms with Crippen molar-refractivity contribution in [2.75, 3.05) is 5.32 Å². The van der Waals surface area contributed by atoms with Crippen LogP contribution in [0.15, 0.2) is 42.7 Å². The molecule has 0 saturated heterocycles. The fourth-order valence-corrected chi connectivity index (χ4v) is 2.68. The molecule has 1 amide bonds. The molecule has 0 aliphatic rings. The van der Waals surface area contributed by atoms with Crippen molar-refractivity contribution in [2.24, 2.45) is 7.05 Å². The summed E-state index contributed by atoms with van der Waals surface area (Å²) in [5.41, 5.74) is 1.28. The Bertz CT molecular complexity index is 836. The molecule has 0 aliphatic heterocycles. The molecule has 0 aliphatic carbocycles. The second-order valence-electron chi connectivity index (χ2n) is 4.92. The van der Waals surface area contributed by atoms with E-state index >= 15 is 0 Å². The minimum absolute atomic E-state index is 0.294. The van der Waals surface area contributed by atoms with Crippen molar-refractivity contribution in [3.8, 4) is 0 Å². The highest BCUT2D eigenvalue weighted by Crippen LogP contribution is 2.18. The van der Waals surface area contributed by atoms with E-state index in [2.05, 4.69) is 15.5 Å². The van der Waals surface area contributed by atoms with E-state index in [0.29, 0.717) is 28.1 Å². The molecule has 3 aromatic rings. The topological polar surface area (TPSA) is 64.7 Å². The monoisotopic (exact) mass is 349 g/mol. The third kappa shape index (κ3) is 3.38. The van der Waals surface area contributed by atoms with Crippen LogP contribution in [0.25, 0.3) is 0 Å². The SMILES string of the molecule is Cn1ncc(Cl)c1C(=O)Nc1ccnn1Cc1cccc(Cl)c1. The highest BCUT2D eigenvalue weighted by molar-refractivity contribution is 6.34. The van der Waals surface area contributed by atoms with Gasteiger partial charge in [0.1, 0.15) is 11.5 Å². The number of carbonyl (C=O) groups is 1. The first-order valence-corrected chi connectivity index (χ1v) is 7.55. The lowest BCUT2D eigenvalue weighted by atomic mass is 10.2. The molecule has 0 unspecified atom stereocenters. The van der Waals surface area contributed by atoms with Crippen LogP contribution in [-0.4, -0.2) is 25.5 Å². The summed E-state index contributed by atoms with van der Waals surface area (Å²) in [6.45, 7) is 0.488. The zero-order valence-electron chi connectivity index (χ0n) is 12.2. The smallest absolute Gasteiger partial charge is 0.276 e. The Kier molecular flexibility index (Phi) is 4.36. The van der Waals surface area contributed by atoms with Gasteiger partial charge >= 0.3 is 0 Å². The van der Waals surface area contributed by atoms with E-state index in [4.69, 9.17) is 23.2 Å². The van der Waals surface area contributed by atoms with Gasteiger partial charge in [0.15, 0.2) is 0 Å². The van der Waals surface area contributed by atoms with E-state index in [0.717, 1.165) is 5.56 Å². The third-order valence-electron chi connectivity index (χ3n) is 3.29. The fourth-order valence-electron chi connectivity index (χ4n) is 2.21. The predicted octanol–water partition coefficient (Wildman–Crippen LogP) is 3.22. The van der Waals surface area contributed by atoms with Gasteiger partial charge in [0, 0.05) is 18.1 Å². The number of aromatic nitrogens is 4. The summed E-state index contributed by atoms with van der Waals surface area (Å²) in [6.07, 6.45) is 3.05. The average Bonchev–Trinajstić information content (AvgIpc) is 3.06. The van der Waals surface area contributed by atoms with Gasteiger partial charge in [-0.3, -0.25) is 9.48 Å². The van der Waals surface area contributed by atoms with Crippen molar-refractivity contribution >= 4 is 34.9 Å². The molecule has 118 valence electrons. The molecule has 2 heterocycles. The lowest BCUT2D eigenvalue weighted by Gasteiger charge is -2.10. The quantitative estimate of drug-likeness (QED) is 0.786. The maximum absolute atomic E-state index is 12.4. The Morgan fingerprint density at radius 2 is 2.09 bits per heavy atom. The van der Waals surface area contributed by atoms with Gasteiger partial charge in [0.05, 0.1) is 24.0 Å². The average molecular weight is 350 g/mol. The zero-order chi connectivity index (χ0) is 16.4. The van der Waals surface area contributed by atoms with Crippen LogP contribution in [0.1, 0.15) is 16.1 Å². The van der Waals surface area contributed by atoms with Crippen molar-refractivity contribution in [1.82, 2.24) is 19.6 Å². The van der Waals surface area contributed by atoms with Crippen LogP contribution in [0.4, 0.5) is 5.82 Å². The number of nitrogens with one attached hydrogen (secondary N) is 1. The van der Waals surface area contributed by atoms with Gasteiger partial charge in [0.25, 0.3) is 5.91 Å². The maximum Gasteiger partial charge on any atom is 0.276 e. The third-order valence-corrected chi connectivity index (χ3v) is 3.80. The molecular weight excluding hydrogens is 337 g/mol. The molecule has 2 aromatic heterocycles. The first-order chi connectivity index (χ1) is 11.0. The summed E-state index contributed by atoms with van der Waals surface area (Å²) in [5, 5.41) is 11.9. The number of carbonyl (C=O) groups excluding carboxylic acids is 1. The molecule has 1 N–H and O–H groups in total. The summed E-state index contributed by atoms with van der Waals surface area (Å²) in [6, 6.07) is 9.19. The van der Waals surface area contributed by atoms with Crippen molar-refractivity contribution in [3.63, 3.8) is 0 Å². The lowest BCUT2D eigenvalue weighted by molar-refractivity contribution is 0.101. The standard InChI is InChI=1S/C15H13Cl2N5O/c1-21-14(12(17)8-19-21)15(23)20-13-5-6-18-22(13)9-10-3-2-4-11(16)7-10/h2-8H,9H2,1H3,(H,20,23). The highest BCUT2D eigenvalue weighted by Gasteiger charge is 2.17. The summed E-state index contributed by atoms with van der Waals surface area (Å²) in [7, 11) is 1.66. The second kappa shape index (κ2) is 6.44. The maximum atomic E-state index is 12.4. The fraction of sp³-hybridized carbons (Fsp3) is 0.133. The molecule has 3 rings (SSSR count). The largest absolute Gasteiger partial charge is 0.305 e. The number of amides is 1. The van der Waals surface area contributed by atoms with Crippen LogP contribution in [-0.2, 0) is 13.6 Å². The van der Waals surface area contributed by atoms with E-state index in [1.54, 1.807) is 30.1 Å². The Morgan fingerprint density at radius 3 is 2.78 bits per heavy atom. The van der Waals surface area contributed by atoms with E-state index in [-0.39, 0.29) is 5.91 Å². The van der Waals surface area contributed by atoms with E-state index in [1.165, 1.54) is 10.9 Å². The van der Waals surface area contributed by atoms with Crippen LogP contribution in [0, 0.1) is 0 Å². The van der Waals surface area contributed by atoms with Gasteiger partial charge in [0.2, 0.25) is 0 Å². The molecule has 0 saturated carbocycles. The van der Waals surface area contributed by atoms with Crippen LogP contribution in [0.2, 0.25) is 10.0 Å². The van der Waals surface area contributed by atoms with Crippen LogP contribution < -0.4 is 5.32 Å². The van der Waals surface area contributed by atoms with Crippen LogP contribution in [0.5, 0.6) is 0 Å². The molecule has 6 nitrogen and oxygen atoms in total. The first-order valence-electron chi connectivity index (χ1n) is 6.79. The molecule has 8 heteroatoms. The van der Waals surface area contributed by atoms with Gasteiger partial charge in [-0.05, 0) is 17.7 Å². The molecule has 0 radical (unpaired) electrons. The number of nitrogens with zero attached hydrogens (tertiary/aromatic N) is 4. The number of aryl methyl sites for hydroxylation is 1. The molecule has 0 bridgehead atoms. The van der Waals surface area contributed by atoms with E-state index < -0.39 is 0 Å². The summed E-state index contributed by atoms with van der Waals surface area (Å²) >= 11 is 12.0. The van der Waals surface area contributed by atoms with Crippen molar-refractivity contribution in [1.29, 1.82) is 0 Å². The Balaban J connectivity index is 1.80. The van der Waals surface area contributed by atoms with Gasteiger partial charge in [-0.1, -0.05) is 35.3 Å². The van der Waals surface area contributed by atoms with Gasteiger partial charge in [-0.25, -0.2) is 4.68 Å². The van der Waals surface area contributed by atoms with Crippen LogP contribution in [0.3, 0.4) is 0 Å². The molecular formula is C15H13Cl2N5O. The highest BCUT2D eigenvalue weighted by atomic mass is 35.5. The van der Waals surface area contributed by atoms with Gasteiger partial charge < -0.3 is 5.32 Å². The Hall–Kier alpha value is -2.31. The number of halogens is 2. The summed E-state index contributed by atoms with van der Waals surface area (Å²) < 4.78 is 3.10. The number of hydrogen-bond donors (Lipinski definition) is 1. The molecule has 0 atom stereocenters. The van der Waals surface area contributed by atoms with Crippen molar-refractivity contribution < 1.29 is 4.79 Å². The van der Waals surface area contributed by atoms with E-state index in [9.17, 15) is 4.79 Å². The van der Waals surface area contributed by atoms with E-state index in [1.807, 2.05) is 18.2 Å². The Morgan fingerprint density at radius 1 is 1.26 bits per heavy atom. The minimum Gasteiger partial charge on any atom is -0.305 e. The van der Waals surface area contributed by atoms with Gasteiger partial charge in [-0.2, -0.15) is 10.2 Å². The predicted molar refractivity (Wildman–Crippen MR) is 89.0 cm³/mol. The number of hydrogen-bond acceptors (Lipinski definition) is 3. The summed E-state index contributed by atoms with van der Waals surface area (Å²) in [5.74, 6) is 0.218. The molecule has 23 heavy (non-hydrogen) atoms. The molecule has 0 fully saturated rings. The number of anilines is 1. The van der Waals surface area contributed by atoms with Crippen molar-refractivity contribution in [2.45, 2.75) is 6.54 Å². The zero-order valence-corrected chi connectivity index (χ0v) is 13.7. The number of benzene rings is 1. The van der Waals surface area contributed by atoms with Crippen LogP contribution >= 0.6 is 23.2 Å². The second-order valence-corrected chi connectivity index (χ2v) is 5.77. The lowest BCUT2D eigenvalue weighted by Crippen LogP contribution is -2.19. The Labute approximate surface area is 142 Å². The first kappa shape index (κ1) is 15.6. The molecule has 0 spiro atoms.